The van der Waals surface area contributed by atoms with E-state index in [4.69, 9.17) is 5.73 Å². The number of nitrogens with two attached hydrogens (primary N) is 1. The molecule has 0 aliphatic heterocycles. The number of hydrogen-bond acceptors (Lipinski definition) is 9. The van der Waals surface area contributed by atoms with Crippen molar-refractivity contribution in [2.24, 2.45) is 23.5 Å². The molecule has 11 nitrogen and oxygen atoms in total. The molecular weight excluding hydrogens is 542 g/mol. The molecule has 0 aromatic heterocycles. The van der Waals surface area contributed by atoms with Crippen molar-refractivity contribution < 1.29 is 39.6 Å². The number of rotatable bonds is 5. The number of aromatic hydroxyl groups is 1. The molecule has 4 aliphatic rings. The molecule has 2 saturated carbocycles. The van der Waals surface area contributed by atoms with E-state index in [9.17, 15) is 39.6 Å². The first-order valence-corrected chi connectivity index (χ1v) is 13.8. The van der Waals surface area contributed by atoms with E-state index in [1.807, 2.05) is 12.1 Å². The average molecular weight is 574 g/mol. The summed E-state index contributed by atoms with van der Waals surface area (Å²) < 4.78 is 0. The van der Waals surface area contributed by atoms with Crippen molar-refractivity contribution in [2.45, 2.75) is 37.3 Å². The van der Waals surface area contributed by atoms with E-state index in [0.29, 0.717) is 16.8 Å². The van der Waals surface area contributed by atoms with E-state index in [0.717, 1.165) is 18.4 Å². The summed E-state index contributed by atoms with van der Waals surface area (Å²) in [6.07, 6.45) is 1.96. The number of phenols is 1. The molecule has 218 valence electrons. The molecular formula is C31H31N3O8. The Bertz CT molecular complexity index is 1640. The number of carbonyl (C=O) groups is 4. The number of fused-ring (bicyclic) bond motifs is 3. The van der Waals surface area contributed by atoms with Gasteiger partial charge in [-0.15, -0.1) is 0 Å². The minimum absolute atomic E-state index is 0.00694. The van der Waals surface area contributed by atoms with Gasteiger partial charge in [-0.05, 0) is 80.6 Å². The lowest BCUT2D eigenvalue weighted by molar-refractivity contribution is -0.153. The molecule has 0 saturated heterocycles. The van der Waals surface area contributed by atoms with Crippen molar-refractivity contribution in [3.63, 3.8) is 0 Å². The van der Waals surface area contributed by atoms with Crippen LogP contribution in [0.2, 0.25) is 0 Å². The van der Waals surface area contributed by atoms with Crippen molar-refractivity contribution in [1.29, 1.82) is 0 Å². The van der Waals surface area contributed by atoms with Gasteiger partial charge >= 0.3 is 0 Å². The Hall–Kier alpha value is -4.48. The standard InChI is InChI=1S/C31H31N3O8/c1-34(2)24-19-12-15-11-18-17(13-5-7-16(8-6-13)33-30(41)14-3-4-14)9-10-20(35)22(18)25(36)21(15)27(38)31(19,42)28(39)23(26(24)37)29(32)40/h5-10,14-15,19,24,35-36,39,42H,3-4,11-12H2,1-2H3,(H2,32,40)(H,33,41)/t15-,19-,24?,31-/m1/s1. The highest BCUT2D eigenvalue weighted by molar-refractivity contribution is 6.24. The molecule has 0 spiro atoms. The second kappa shape index (κ2) is 9.53. The molecule has 4 atom stereocenters. The van der Waals surface area contributed by atoms with E-state index in [1.54, 1.807) is 32.3 Å². The number of aliphatic hydroxyl groups excluding tert-OH is 2. The average Bonchev–Trinajstić information content (AvgIpc) is 3.77. The molecule has 2 amide bonds. The Kier molecular flexibility index (Phi) is 6.28. The van der Waals surface area contributed by atoms with Crippen molar-refractivity contribution in [3.05, 3.63) is 64.4 Å². The van der Waals surface area contributed by atoms with Crippen molar-refractivity contribution in [3.8, 4) is 16.9 Å². The third-order valence-corrected chi connectivity index (χ3v) is 9.02. The van der Waals surface area contributed by atoms with Crippen LogP contribution in [0.15, 0.2) is 53.3 Å². The number of primary amides is 1. The van der Waals surface area contributed by atoms with Gasteiger partial charge in [-0.2, -0.15) is 0 Å². The lowest BCUT2D eigenvalue weighted by Gasteiger charge is -2.50. The van der Waals surface area contributed by atoms with Gasteiger partial charge in [0.15, 0.2) is 11.4 Å². The van der Waals surface area contributed by atoms with Crippen molar-refractivity contribution >= 4 is 34.8 Å². The zero-order valence-corrected chi connectivity index (χ0v) is 23.0. The number of nitrogens with zero attached hydrogens (tertiary/aromatic N) is 1. The number of benzene rings is 2. The van der Waals surface area contributed by atoms with Gasteiger partial charge in [-0.3, -0.25) is 24.1 Å². The third-order valence-electron chi connectivity index (χ3n) is 9.02. The minimum Gasteiger partial charge on any atom is -0.508 e. The summed E-state index contributed by atoms with van der Waals surface area (Å²) in [6.45, 7) is 0. The maximum Gasteiger partial charge on any atom is 0.255 e. The summed E-state index contributed by atoms with van der Waals surface area (Å²) >= 11 is 0. The predicted octanol–water partition coefficient (Wildman–Crippen LogP) is 1.98. The molecule has 0 heterocycles. The van der Waals surface area contributed by atoms with Gasteiger partial charge < -0.3 is 31.5 Å². The lowest BCUT2D eigenvalue weighted by atomic mass is 9.57. The van der Waals surface area contributed by atoms with Crippen LogP contribution in [0, 0.1) is 17.8 Å². The van der Waals surface area contributed by atoms with E-state index in [2.05, 4.69) is 5.32 Å². The summed E-state index contributed by atoms with van der Waals surface area (Å²) in [6, 6.07) is 9.10. The van der Waals surface area contributed by atoms with Gasteiger partial charge in [0, 0.05) is 23.1 Å². The van der Waals surface area contributed by atoms with Crippen LogP contribution in [0.1, 0.15) is 30.4 Å². The minimum atomic E-state index is -2.68. The number of aliphatic hydroxyl groups is 3. The molecule has 42 heavy (non-hydrogen) atoms. The van der Waals surface area contributed by atoms with E-state index in [-0.39, 0.29) is 41.6 Å². The number of amides is 2. The highest BCUT2D eigenvalue weighted by atomic mass is 16.3. The second-order valence-electron chi connectivity index (χ2n) is 11.8. The Morgan fingerprint density at radius 3 is 2.29 bits per heavy atom. The molecule has 4 aliphatic carbocycles. The SMILES string of the molecule is CN(C)C1C(=O)C(C(N)=O)=C(O)[C@]2(O)C(=O)C3=C(O)c4c(O)ccc(-c5ccc(NC(=O)C6CC6)cc5)c4C[C@@H]3C[C@H]12. The van der Waals surface area contributed by atoms with Crippen LogP contribution >= 0.6 is 0 Å². The molecule has 2 fully saturated rings. The number of carbonyl (C=O) groups excluding carboxylic acids is 4. The van der Waals surface area contributed by atoms with Gasteiger partial charge in [0.25, 0.3) is 5.91 Å². The highest BCUT2D eigenvalue weighted by Gasteiger charge is 2.64. The fourth-order valence-corrected chi connectivity index (χ4v) is 6.84. The number of Topliss-reactive ketones (excluding diaryl/α,β-unsaturated/α-hetero) is 2. The summed E-state index contributed by atoms with van der Waals surface area (Å²) in [5.74, 6) is -6.86. The Balaban J connectivity index is 1.45. The topological polar surface area (TPSA) is 190 Å². The van der Waals surface area contributed by atoms with E-state index >= 15 is 0 Å². The maximum atomic E-state index is 14.0. The second-order valence-corrected chi connectivity index (χ2v) is 11.8. The summed E-state index contributed by atoms with van der Waals surface area (Å²) in [4.78, 5) is 53.0. The van der Waals surface area contributed by atoms with Gasteiger partial charge in [0.2, 0.25) is 11.7 Å². The fourth-order valence-electron chi connectivity index (χ4n) is 6.84. The van der Waals surface area contributed by atoms with Crippen LogP contribution in [0.3, 0.4) is 0 Å². The van der Waals surface area contributed by atoms with Gasteiger partial charge in [0.1, 0.15) is 22.8 Å². The largest absolute Gasteiger partial charge is 0.508 e. The lowest BCUT2D eigenvalue weighted by Crippen LogP contribution is -2.65. The number of ketones is 2. The molecule has 2 aromatic rings. The zero-order valence-electron chi connectivity index (χ0n) is 23.0. The first-order valence-electron chi connectivity index (χ1n) is 13.8. The molecule has 1 unspecified atom stereocenters. The first kappa shape index (κ1) is 27.7. The van der Waals surface area contributed by atoms with Crippen LogP contribution in [0.4, 0.5) is 5.69 Å². The maximum absolute atomic E-state index is 14.0. The molecule has 7 N–H and O–H groups in total. The number of nitrogens with one attached hydrogen (secondary N) is 1. The van der Waals surface area contributed by atoms with Crippen molar-refractivity contribution in [2.75, 3.05) is 19.4 Å². The third kappa shape index (κ3) is 3.95. The van der Waals surface area contributed by atoms with Crippen LogP contribution in [0.5, 0.6) is 5.75 Å². The Morgan fingerprint density at radius 1 is 1.02 bits per heavy atom. The number of hydrogen-bond donors (Lipinski definition) is 6. The number of likely N-dealkylation sites (N-methyl/N-ethyl adjacent to an activating group) is 1. The fraction of sp³-hybridized carbons (Fsp3) is 0.355. The highest BCUT2D eigenvalue weighted by Crippen LogP contribution is 2.53. The van der Waals surface area contributed by atoms with Crippen LogP contribution < -0.4 is 11.1 Å². The normalized spacial score (nSPS) is 27.0. The van der Waals surface area contributed by atoms with Gasteiger partial charge in [-0.1, -0.05) is 18.2 Å². The Labute approximate surface area is 240 Å². The van der Waals surface area contributed by atoms with Gasteiger partial charge in [0.05, 0.1) is 11.6 Å². The number of phenolic OH excluding ortho intramolecular Hbond substituents is 1. The Morgan fingerprint density at radius 2 is 1.69 bits per heavy atom. The van der Waals surface area contributed by atoms with Crippen LogP contribution in [-0.2, 0) is 25.6 Å². The molecule has 0 bridgehead atoms. The van der Waals surface area contributed by atoms with E-state index < -0.39 is 58.0 Å². The zero-order chi connectivity index (χ0) is 30.2. The molecule has 0 radical (unpaired) electrons. The quantitative estimate of drug-likeness (QED) is 0.290. The van der Waals surface area contributed by atoms with Gasteiger partial charge in [-0.25, -0.2) is 0 Å². The molecule has 6 rings (SSSR count). The smallest absolute Gasteiger partial charge is 0.255 e. The summed E-state index contributed by atoms with van der Waals surface area (Å²) in [5.41, 5.74) is 4.30. The first-order chi connectivity index (χ1) is 19.9. The summed E-state index contributed by atoms with van der Waals surface area (Å²) in [7, 11) is 3.11. The monoisotopic (exact) mass is 573 g/mol. The number of anilines is 1. The van der Waals surface area contributed by atoms with Crippen molar-refractivity contribution in [1.82, 2.24) is 4.90 Å². The van der Waals surface area contributed by atoms with Crippen LogP contribution in [-0.4, -0.2) is 74.4 Å². The molecule has 2 aromatic carbocycles. The summed E-state index contributed by atoms with van der Waals surface area (Å²) in [5, 5.41) is 47.8. The molecule has 11 heteroatoms. The van der Waals surface area contributed by atoms with E-state index in [1.165, 1.54) is 11.0 Å². The predicted molar refractivity (Wildman–Crippen MR) is 151 cm³/mol. The van der Waals surface area contributed by atoms with Crippen LogP contribution in [0.25, 0.3) is 16.9 Å².